The zero-order valence-electron chi connectivity index (χ0n) is 12.4. The summed E-state index contributed by atoms with van der Waals surface area (Å²) in [4.78, 5) is 2.80. The van der Waals surface area contributed by atoms with Crippen LogP contribution in [0.4, 0.5) is 0 Å². The lowest BCUT2D eigenvalue weighted by Gasteiger charge is -2.53. The van der Waals surface area contributed by atoms with Crippen molar-refractivity contribution in [2.24, 2.45) is 17.3 Å². The molecule has 3 aliphatic heterocycles. The predicted molar refractivity (Wildman–Crippen MR) is 79.2 cm³/mol. The highest BCUT2D eigenvalue weighted by molar-refractivity contribution is 5.02. The molecular formula is C17H30N2. The van der Waals surface area contributed by atoms with Crippen molar-refractivity contribution < 1.29 is 0 Å². The van der Waals surface area contributed by atoms with E-state index in [9.17, 15) is 0 Å². The van der Waals surface area contributed by atoms with Gasteiger partial charge < -0.3 is 10.2 Å². The molecule has 3 heterocycles. The zero-order chi connectivity index (χ0) is 12.7. The molecule has 0 bridgehead atoms. The van der Waals surface area contributed by atoms with Gasteiger partial charge in [-0.3, -0.25) is 0 Å². The van der Waals surface area contributed by atoms with E-state index < -0.39 is 0 Å². The number of fused-ring (bicyclic) bond motifs is 1. The van der Waals surface area contributed by atoms with Gasteiger partial charge in [-0.25, -0.2) is 0 Å². The summed E-state index contributed by atoms with van der Waals surface area (Å²) in [6.07, 6.45) is 13.5. The second kappa shape index (κ2) is 5.04. The lowest BCUT2D eigenvalue weighted by Crippen LogP contribution is -2.54. The molecular weight excluding hydrogens is 232 g/mol. The number of nitrogens with one attached hydrogen (secondary N) is 1. The molecule has 0 aromatic heterocycles. The third kappa shape index (κ3) is 2.15. The van der Waals surface area contributed by atoms with Gasteiger partial charge >= 0.3 is 0 Å². The van der Waals surface area contributed by atoms with Gasteiger partial charge in [0.05, 0.1) is 0 Å². The number of piperidine rings is 2. The summed E-state index contributed by atoms with van der Waals surface area (Å²) in [5, 5.41) is 3.73. The molecule has 1 spiro atoms. The number of nitrogens with zero attached hydrogens (tertiary/aromatic N) is 1. The van der Waals surface area contributed by atoms with Crippen molar-refractivity contribution in [2.75, 3.05) is 26.2 Å². The van der Waals surface area contributed by atoms with Gasteiger partial charge in [0.2, 0.25) is 0 Å². The van der Waals surface area contributed by atoms with Crippen LogP contribution < -0.4 is 5.32 Å². The molecule has 0 aromatic rings. The molecule has 4 aliphatic rings. The standard InChI is InChI=1S/C17H30N2/c1-2-5-14(4-1)16-13-18-9-7-17(16)8-11-19-10-3-6-15(19)12-17/h14-16,18H,1-13H2. The SMILES string of the molecule is C1CCC(C2CNCCC23CCN2CCCC2C3)C1. The molecule has 19 heavy (non-hydrogen) atoms. The van der Waals surface area contributed by atoms with E-state index in [1.54, 1.807) is 0 Å². The Labute approximate surface area is 118 Å². The van der Waals surface area contributed by atoms with Crippen LogP contribution in [0.2, 0.25) is 0 Å². The van der Waals surface area contributed by atoms with E-state index >= 15 is 0 Å². The molecule has 108 valence electrons. The molecule has 2 heteroatoms. The van der Waals surface area contributed by atoms with E-state index in [4.69, 9.17) is 0 Å². The second-order valence-corrected chi connectivity index (χ2v) is 7.75. The summed E-state index contributed by atoms with van der Waals surface area (Å²) in [7, 11) is 0. The van der Waals surface area contributed by atoms with Gasteiger partial charge in [-0.2, -0.15) is 0 Å². The van der Waals surface area contributed by atoms with Crippen molar-refractivity contribution in [3.63, 3.8) is 0 Å². The van der Waals surface area contributed by atoms with Crippen LogP contribution >= 0.6 is 0 Å². The van der Waals surface area contributed by atoms with Gasteiger partial charge in [0, 0.05) is 6.04 Å². The van der Waals surface area contributed by atoms with Gasteiger partial charge in [-0.1, -0.05) is 25.7 Å². The number of hydrogen-bond donors (Lipinski definition) is 1. The number of rotatable bonds is 1. The van der Waals surface area contributed by atoms with E-state index in [1.165, 1.54) is 84.0 Å². The van der Waals surface area contributed by atoms with Crippen molar-refractivity contribution in [1.82, 2.24) is 10.2 Å². The fourth-order valence-electron chi connectivity index (χ4n) is 5.95. The molecule has 0 radical (unpaired) electrons. The van der Waals surface area contributed by atoms with Crippen LogP contribution in [-0.2, 0) is 0 Å². The Morgan fingerprint density at radius 2 is 1.84 bits per heavy atom. The maximum atomic E-state index is 3.73. The minimum Gasteiger partial charge on any atom is -0.316 e. The molecule has 2 nitrogen and oxygen atoms in total. The second-order valence-electron chi connectivity index (χ2n) is 7.75. The maximum absolute atomic E-state index is 3.73. The van der Waals surface area contributed by atoms with Crippen LogP contribution in [0.3, 0.4) is 0 Å². The summed E-state index contributed by atoms with van der Waals surface area (Å²) < 4.78 is 0. The molecule has 1 saturated carbocycles. The summed E-state index contributed by atoms with van der Waals surface area (Å²) >= 11 is 0. The van der Waals surface area contributed by atoms with Crippen molar-refractivity contribution in [3.8, 4) is 0 Å². The third-order valence-corrected chi connectivity index (χ3v) is 6.96. The van der Waals surface area contributed by atoms with Crippen molar-refractivity contribution in [2.45, 2.75) is 63.8 Å². The lowest BCUT2D eigenvalue weighted by atomic mass is 9.59. The van der Waals surface area contributed by atoms with Crippen LogP contribution in [0.5, 0.6) is 0 Å². The first kappa shape index (κ1) is 12.6. The molecule has 1 aliphatic carbocycles. The molecule has 3 unspecified atom stereocenters. The van der Waals surface area contributed by atoms with Crippen LogP contribution in [0.25, 0.3) is 0 Å². The maximum Gasteiger partial charge on any atom is 0.0101 e. The monoisotopic (exact) mass is 262 g/mol. The normalized spacial score (nSPS) is 44.8. The Balaban J connectivity index is 1.55. The van der Waals surface area contributed by atoms with E-state index in [2.05, 4.69) is 10.2 Å². The topological polar surface area (TPSA) is 15.3 Å². The van der Waals surface area contributed by atoms with Crippen molar-refractivity contribution >= 4 is 0 Å². The van der Waals surface area contributed by atoms with Crippen molar-refractivity contribution in [1.29, 1.82) is 0 Å². The molecule has 0 amide bonds. The minimum atomic E-state index is 0.728. The average Bonchev–Trinajstić information content (AvgIpc) is 3.09. The Morgan fingerprint density at radius 1 is 0.947 bits per heavy atom. The van der Waals surface area contributed by atoms with E-state index in [0.29, 0.717) is 0 Å². The highest BCUT2D eigenvalue weighted by atomic mass is 15.2. The van der Waals surface area contributed by atoms with E-state index in [-0.39, 0.29) is 0 Å². The largest absolute Gasteiger partial charge is 0.316 e. The van der Waals surface area contributed by atoms with E-state index in [0.717, 1.165) is 23.3 Å². The molecule has 4 fully saturated rings. The van der Waals surface area contributed by atoms with Crippen LogP contribution in [-0.4, -0.2) is 37.1 Å². The third-order valence-electron chi connectivity index (χ3n) is 6.96. The summed E-state index contributed by atoms with van der Waals surface area (Å²) in [5.74, 6) is 2.06. The molecule has 3 saturated heterocycles. The van der Waals surface area contributed by atoms with Gasteiger partial charge in [0.1, 0.15) is 0 Å². The minimum absolute atomic E-state index is 0.728. The summed E-state index contributed by atoms with van der Waals surface area (Å²) in [5.41, 5.74) is 0.728. The van der Waals surface area contributed by atoms with Crippen molar-refractivity contribution in [3.05, 3.63) is 0 Å². The summed E-state index contributed by atoms with van der Waals surface area (Å²) in [6, 6.07) is 0.954. The average molecular weight is 262 g/mol. The van der Waals surface area contributed by atoms with Crippen LogP contribution in [0, 0.1) is 17.3 Å². The zero-order valence-corrected chi connectivity index (χ0v) is 12.4. The first-order chi connectivity index (χ1) is 9.37. The molecule has 1 N–H and O–H groups in total. The van der Waals surface area contributed by atoms with Gasteiger partial charge in [-0.05, 0) is 75.5 Å². The fraction of sp³-hybridized carbons (Fsp3) is 1.00. The first-order valence-electron chi connectivity index (χ1n) is 8.82. The predicted octanol–water partition coefficient (Wildman–Crippen LogP) is 3.03. The van der Waals surface area contributed by atoms with E-state index in [1.807, 2.05) is 0 Å². The Morgan fingerprint density at radius 3 is 2.74 bits per heavy atom. The van der Waals surface area contributed by atoms with Gasteiger partial charge in [-0.15, -0.1) is 0 Å². The first-order valence-corrected chi connectivity index (χ1v) is 8.82. The number of hydrogen-bond acceptors (Lipinski definition) is 2. The Bertz CT molecular complexity index is 323. The molecule has 0 aromatic carbocycles. The molecule has 4 rings (SSSR count). The Hall–Kier alpha value is -0.0800. The van der Waals surface area contributed by atoms with Gasteiger partial charge in [0.15, 0.2) is 0 Å². The smallest absolute Gasteiger partial charge is 0.0101 e. The van der Waals surface area contributed by atoms with Crippen LogP contribution in [0.1, 0.15) is 57.8 Å². The van der Waals surface area contributed by atoms with Gasteiger partial charge in [0.25, 0.3) is 0 Å². The molecule has 3 atom stereocenters. The van der Waals surface area contributed by atoms with Crippen LogP contribution in [0.15, 0.2) is 0 Å². The highest BCUT2D eigenvalue weighted by Gasteiger charge is 2.49. The lowest BCUT2D eigenvalue weighted by molar-refractivity contribution is -0.0205. The quantitative estimate of drug-likeness (QED) is 0.781. The summed E-state index contributed by atoms with van der Waals surface area (Å²) in [6.45, 7) is 5.42. The fourth-order valence-corrected chi connectivity index (χ4v) is 5.95. The highest BCUT2D eigenvalue weighted by Crippen LogP contribution is 2.52. The Kier molecular flexibility index (Phi) is 3.35.